The molecule has 128 valence electrons. The summed E-state index contributed by atoms with van der Waals surface area (Å²) in [5.41, 5.74) is 3.95. The molecule has 0 aliphatic rings. The lowest BCUT2D eigenvalue weighted by Gasteiger charge is -2.23. The number of nitrogens with zero attached hydrogens (tertiary/aromatic N) is 1. The highest BCUT2D eigenvalue weighted by Gasteiger charge is 2.15. The van der Waals surface area contributed by atoms with Gasteiger partial charge in [-0.15, -0.1) is 0 Å². The van der Waals surface area contributed by atoms with Crippen LogP contribution in [0.25, 0.3) is 0 Å². The van der Waals surface area contributed by atoms with Gasteiger partial charge >= 0.3 is 6.03 Å². The second kappa shape index (κ2) is 8.48. The summed E-state index contributed by atoms with van der Waals surface area (Å²) in [5, 5.41) is 3.06. The van der Waals surface area contributed by atoms with Crippen LogP contribution in [0.15, 0.2) is 42.5 Å². The van der Waals surface area contributed by atoms with Crippen molar-refractivity contribution >= 4 is 11.7 Å². The Morgan fingerprint density at radius 1 is 1.04 bits per heavy atom. The number of rotatable bonds is 6. The van der Waals surface area contributed by atoms with Crippen LogP contribution in [0.5, 0.6) is 0 Å². The highest BCUT2D eigenvalue weighted by molar-refractivity contribution is 5.91. The lowest BCUT2D eigenvalue weighted by Crippen LogP contribution is -2.34. The van der Waals surface area contributed by atoms with Crippen LogP contribution in [-0.4, -0.2) is 17.5 Å². The van der Waals surface area contributed by atoms with Gasteiger partial charge in [0.05, 0.1) is 0 Å². The van der Waals surface area contributed by atoms with E-state index in [1.165, 1.54) is 12.1 Å². The minimum absolute atomic E-state index is 0.155. The Labute approximate surface area is 143 Å². The maximum Gasteiger partial charge on any atom is 0.322 e. The molecule has 2 amide bonds. The Bertz CT molecular complexity index is 678. The minimum Gasteiger partial charge on any atom is -0.320 e. The molecule has 0 aromatic heterocycles. The van der Waals surface area contributed by atoms with Crippen LogP contribution in [0.4, 0.5) is 14.9 Å². The summed E-state index contributed by atoms with van der Waals surface area (Å²) >= 11 is 0. The first-order chi connectivity index (χ1) is 11.6. The molecular formula is C20H25FN2O. The number of hydrogen-bond acceptors (Lipinski definition) is 1. The molecule has 0 fully saturated rings. The quantitative estimate of drug-likeness (QED) is 0.795. The van der Waals surface area contributed by atoms with Crippen molar-refractivity contribution in [3.05, 3.63) is 65.0 Å². The summed E-state index contributed by atoms with van der Waals surface area (Å²) in [4.78, 5) is 14.4. The zero-order valence-electron chi connectivity index (χ0n) is 14.6. The molecule has 3 nitrogen and oxygen atoms in total. The number of halogens is 1. The zero-order valence-corrected chi connectivity index (χ0v) is 14.6. The van der Waals surface area contributed by atoms with Crippen molar-refractivity contribution in [3.63, 3.8) is 0 Å². The fraction of sp³-hybridized carbons (Fsp3) is 0.350. The van der Waals surface area contributed by atoms with E-state index in [1.807, 2.05) is 31.2 Å². The first kappa shape index (κ1) is 18.0. The molecule has 0 saturated heterocycles. The summed E-state index contributed by atoms with van der Waals surface area (Å²) in [7, 11) is 0. The normalized spacial score (nSPS) is 10.5. The van der Waals surface area contributed by atoms with Crippen LogP contribution in [0.3, 0.4) is 0 Å². The van der Waals surface area contributed by atoms with E-state index in [4.69, 9.17) is 0 Å². The Hall–Kier alpha value is -2.36. The zero-order chi connectivity index (χ0) is 17.5. The van der Waals surface area contributed by atoms with Crippen LogP contribution in [0.1, 0.15) is 37.5 Å². The fourth-order valence-corrected chi connectivity index (χ4v) is 2.77. The molecule has 1 N–H and O–H groups in total. The lowest BCUT2D eigenvalue weighted by atomic mass is 10.0. The number of hydrogen-bond donors (Lipinski definition) is 1. The Morgan fingerprint density at radius 3 is 2.21 bits per heavy atom. The fourth-order valence-electron chi connectivity index (χ4n) is 2.77. The van der Waals surface area contributed by atoms with Crippen molar-refractivity contribution in [2.75, 3.05) is 11.9 Å². The average Bonchev–Trinajstić information content (AvgIpc) is 2.59. The van der Waals surface area contributed by atoms with E-state index in [0.717, 1.165) is 35.2 Å². The van der Waals surface area contributed by atoms with E-state index in [9.17, 15) is 9.18 Å². The van der Waals surface area contributed by atoms with E-state index in [0.29, 0.717) is 13.1 Å². The van der Waals surface area contributed by atoms with Gasteiger partial charge in [-0.25, -0.2) is 9.18 Å². The Kier molecular flexibility index (Phi) is 6.36. The molecule has 4 heteroatoms. The molecule has 0 saturated carbocycles. The first-order valence-electron chi connectivity index (χ1n) is 8.50. The largest absolute Gasteiger partial charge is 0.322 e. The molecule has 0 radical (unpaired) electrons. The minimum atomic E-state index is -0.284. The first-order valence-corrected chi connectivity index (χ1v) is 8.50. The number of urea groups is 1. The van der Waals surface area contributed by atoms with Crippen LogP contribution >= 0.6 is 0 Å². The molecular weight excluding hydrogens is 303 g/mol. The van der Waals surface area contributed by atoms with Gasteiger partial charge in [0.15, 0.2) is 0 Å². The second-order valence-electron chi connectivity index (χ2n) is 5.73. The van der Waals surface area contributed by atoms with E-state index in [2.05, 4.69) is 19.2 Å². The molecule has 2 rings (SSSR count). The Balaban J connectivity index is 2.18. The number of anilines is 1. The smallest absolute Gasteiger partial charge is 0.320 e. The standard InChI is InChI=1S/C20H25FN2O/c1-4-16-10-8-11-17(5-2)19(16)22-20(24)23(6-3)14-15-9-7-12-18(21)13-15/h7-13H,4-6,14H2,1-3H3,(H,22,24). The summed E-state index contributed by atoms with van der Waals surface area (Å²) in [6.45, 7) is 7.02. The highest BCUT2D eigenvalue weighted by Crippen LogP contribution is 2.23. The van der Waals surface area contributed by atoms with Gasteiger partial charge in [0.2, 0.25) is 0 Å². The van der Waals surface area contributed by atoms with Crippen molar-refractivity contribution in [1.82, 2.24) is 4.90 Å². The van der Waals surface area contributed by atoms with Gasteiger partial charge in [0, 0.05) is 18.8 Å². The summed E-state index contributed by atoms with van der Waals surface area (Å²) < 4.78 is 13.3. The molecule has 0 aliphatic carbocycles. The van der Waals surface area contributed by atoms with Gasteiger partial charge in [0.1, 0.15) is 5.82 Å². The Morgan fingerprint density at radius 2 is 1.67 bits per heavy atom. The molecule has 0 atom stereocenters. The molecule has 0 bridgehead atoms. The van der Waals surface area contributed by atoms with Crippen molar-refractivity contribution in [2.45, 2.75) is 40.2 Å². The molecule has 2 aromatic carbocycles. The van der Waals surface area contributed by atoms with E-state index < -0.39 is 0 Å². The summed E-state index contributed by atoms with van der Waals surface area (Å²) in [6, 6.07) is 12.3. The molecule has 2 aromatic rings. The SMILES string of the molecule is CCc1cccc(CC)c1NC(=O)N(CC)Cc1cccc(F)c1. The topological polar surface area (TPSA) is 32.3 Å². The van der Waals surface area contributed by atoms with Crippen LogP contribution < -0.4 is 5.32 Å². The molecule has 24 heavy (non-hydrogen) atoms. The monoisotopic (exact) mass is 328 g/mol. The van der Waals surface area contributed by atoms with Crippen molar-refractivity contribution in [1.29, 1.82) is 0 Å². The number of carbonyl (C=O) groups is 1. The lowest BCUT2D eigenvalue weighted by molar-refractivity contribution is 0.212. The second-order valence-corrected chi connectivity index (χ2v) is 5.73. The van der Waals surface area contributed by atoms with Gasteiger partial charge in [-0.2, -0.15) is 0 Å². The van der Waals surface area contributed by atoms with Crippen LogP contribution in [0, 0.1) is 5.82 Å². The highest BCUT2D eigenvalue weighted by atomic mass is 19.1. The molecule has 0 unspecified atom stereocenters. The van der Waals surface area contributed by atoms with Crippen molar-refractivity contribution in [2.24, 2.45) is 0 Å². The van der Waals surface area contributed by atoms with E-state index >= 15 is 0 Å². The molecule has 0 spiro atoms. The number of carbonyl (C=O) groups excluding carboxylic acids is 1. The predicted octanol–water partition coefficient (Wildman–Crippen LogP) is 5.00. The molecule has 0 aliphatic heterocycles. The maximum atomic E-state index is 13.3. The number of amides is 2. The van der Waals surface area contributed by atoms with Gasteiger partial charge in [-0.1, -0.05) is 44.2 Å². The predicted molar refractivity (Wildman–Crippen MR) is 96.7 cm³/mol. The van der Waals surface area contributed by atoms with Crippen molar-refractivity contribution in [3.8, 4) is 0 Å². The third kappa shape index (κ3) is 4.34. The average molecular weight is 328 g/mol. The third-order valence-corrected chi connectivity index (χ3v) is 4.16. The van der Waals surface area contributed by atoms with Gasteiger partial charge in [0.25, 0.3) is 0 Å². The van der Waals surface area contributed by atoms with E-state index in [1.54, 1.807) is 11.0 Å². The maximum absolute atomic E-state index is 13.3. The summed E-state index contributed by atoms with van der Waals surface area (Å²) in [5.74, 6) is -0.284. The third-order valence-electron chi connectivity index (χ3n) is 4.16. The number of aryl methyl sites for hydroxylation is 2. The van der Waals surface area contributed by atoms with Gasteiger partial charge in [-0.05, 0) is 48.6 Å². The van der Waals surface area contributed by atoms with Crippen LogP contribution in [0.2, 0.25) is 0 Å². The molecule has 0 heterocycles. The van der Waals surface area contributed by atoms with Gasteiger partial charge < -0.3 is 10.2 Å². The number of benzene rings is 2. The van der Waals surface area contributed by atoms with Crippen LogP contribution in [-0.2, 0) is 19.4 Å². The van der Waals surface area contributed by atoms with Crippen molar-refractivity contribution < 1.29 is 9.18 Å². The summed E-state index contributed by atoms with van der Waals surface area (Å²) in [6.07, 6.45) is 1.72. The van der Waals surface area contributed by atoms with Gasteiger partial charge in [-0.3, -0.25) is 0 Å². The van der Waals surface area contributed by atoms with E-state index in [-0.39, 0.29) is 11.8 Å². The number of nitrogens with one attached hydrogen (secondary N) is 1. The number of para-hydroxylation sites is 1.